The fourth-order valence-electron chi connectivity index (χ4n) is 4.96. The number of anilines is 1. The normalized spacial score (nSPS) is 12.9. The highest BCUT2D eigenvalue weighted by molar-refractivity contribution is 7.90. The van der Waals surface area contributed by atoms with Gasteiger partial charge in [0, 0.05) is 0 Å². The van der Waals surface area contributed by atoms with E-state index in [1.807, 2.05) is 30.3 Å². The fraction of sp³-hybridized carbons (Fsp3) is 0.188. The van der Waals surface area contributed by atoms with Crippen molar-refractivity contribution >= 4 is 42.9 Å². The van der Waals surface area contributed by atoms with Crippen LogP contribution in [0.2, 0.25) is 0 Å². The second kappa shape index (κ2) is 13.8. The van der Waals surface area contributed by atoms with Crippen LogP contribution in [0.4, 0.5) is 18.9 Å². The highest BCUT2D eigenvalue weighted by Gasteiger charge is 2.31. The summed E-state index contributed by atoms with van der Waals surface area (Å²) >= 11 is 0. The number of hydrogen-bond donors (Lipinski definition) is 3. The van der Waals surface area contributed by atoms with Crippen LogP contribution in [0.5, 0.6) is 0 Å². The van der Waals surface area contributed by atoms with Crippen molar-refractivity contribution in [3.63, 3.8) is 0 Å². The molecule has 0 saturated heterocycles. The van der Waals surface area contributed by atoms with Crippen LogP contribution >= 0.6 is 0 Å². The van der Waals surface area contributed by atoms with Crippen LogP contribution in [0.1, 0.15) is 29.9 Å². The average Bonchev–Trinajstić information content (AvgIpc) is 3.47. The van der Waals surface area contributed by atoms with Gasteiger partial charge in [-0.3, -0.25) is 4.79 Å². The Labute approximate surface area is 274 Å². The zero-order valence-electron chi connectivity index (χ0n) is 25.3. The summed E-state index contributed by atoms with van der Waals surface area (Å²) in [7, 11) is -8.57. The summed E-state index contributed by atoms with van der Waals surface area (Å²) in [6.07, 6.45) is -4.66. The van der Waals surface area contributed by atoms with Crippen molar-refractivity contribution in [1.29, 1.82) is 0 Å². The highest BCUT2D eigenvalue weighted by atomic mass is 32.2. The lowest BCUT2D eigenvalue weighted by atomic mass is 10.1. The number of ether oxygens (including phenoxy) is 1. The monoisotopic (exact) mass is 701 g/mol. The number of rotatable bonds is 12. The van der Waals surface area contributed by atoms with Crippen molar-refractivity contribution in [1.82, 2.24) is 14.7 Å². The number of carbonyl (C=O) groups is 1. The molecule has 5 rings (SSSR count). The van der Waals surface area contributed by atoms with Gasteiger partial charge in [0.25, 0.3) is 10.2 Å². The van der Waals surface area contributed by atoms with E-state index in [2.05, 4.69) is 14.7 Å². The van der Waals surface area contributed by atoms with Crippen LogP contribution in [0.15, 0.2) is 102 Å². The zero-order valence-corrected chi connectivity index (χ0v) is 26.9. The van der Waals surface area contributed by atoms with Crippen molar-refractivity contribution in [2.75, 3.05) is 17.5 Å². The van der Waals surface area contributed by atoms with Crippen LogP contribution in [-0.4, -0.2) is 45.9 Å². The third-order valence-electron chi connectivity index (χ3n) is 7.28. The maximum absolute atomic E-state index is 13.6. The van der Waals surface area contributed by atoms with Crippen molar-refractivity contribution in [2.24, 2.45) is 5.14 Å². The number of esters is 1. The van der Waals surface area contributed by atoms with E-state index in [9.17, 15) is 34.8 Å². The van der Waals surface area contributed by atoms with E-state index in [1.165, 1.54) is 42.5 Å². The SMILES string of the molecule is CCOC(=O)CN(c1ccc(C[C@H](NS(=O)(=O)c2ccc(-c3ccccc3)cc2)c2nc3ccc(C(F)(F)F)cc3[nH]2)cc1)S(N)(=O)=O. The number of fused-ring (bicyclic) bond motifs is 1. The van der Waals surface area contributed by atoms with Gasteiger partial charge >= 0.3 is 12.1 Å². The van der Waals surface area contributed by atoms with E-state index < -0.39 is 50.5 Å². The Kier molecular flexibility index (Phi) is 9.91. The number of carbonyl (C=O) groups excluding carboxylic acids is 1. The third-order valence-corrected chi connectivity index (χ3v) is 9.72. The lowest BCUT2D eigenvalue weighted by Gasteiger charge is -2.21. The van der Waals surface area contributed by atoms with E-state index in [-0.39, 0.29) is 40.5 Å². The molecule has 16 heteroatoms. The summed E-state index contributed by atoms with van der Waals surface area (Å²) in [6.45, 7) is 0.927. The van der Waals surface area contributed by atoms with Gasteiger partial charge < -0.3 is 9.72 Å². The van der Waals surface area contributed by atoms with Gasteiger partial charge in [-0.15, -0.1) is 0 Å². The fourth-order valence-corrected chi connectivity index (χ4v) is 6.86. The van der Waals surface area contributed by atoms with E-state index in [4.69, 9.17) is 9.88 Å². The highest BCUT2D eigenvalue weighted by Crippen LogP contribution is 2.32. The van der Waals surface area contributed by atoms with E-state index >= 15 is 0 Å². The molecule has 0 aliphatic rings. The molecule has 1 atom stereocenters. The number of imidazole rings is 1. The largest absolute Gasteiger partial charge is 0.465 e. The zero-order chi connectivity index (χ0) is 34.7. The molecule has 0 amide bonds. The molecule has 5 aromatic rings. The van der Waals surface area contributed by atoms with Gasteiger partial charge in [-0.05, 0) is 72.5 Å². The van der Waals surface area contributed by atoms with Gasteiger partial charge in [-0.2, -0.15) is 21.6 Å². The van der Waals surface area contributed by atoms with Gasteiger partial charge in [0.05, 0.1) is 39.8 Å². The first-order valence-electron chi connectivity index (χ1n) is 14.4. The molecule has 11 nitrogen and oxygen atoms in total. The number of alkyl halides is 3. The van der Waals surface area contributed by atoms with Crippen LogP contribution < -0.4 is 14.2 Å². The minimum Gasteiger partial charge on any atom is -0.465 e. The van der Waals surface area contributed by atoms with Crippen molar-refractivity contribution < 1.29 is 39.5 Å². The summed E-state index contributed by atoms with van der Waals surface area (Å²) in [6, 6.07) is 23.1. The lowest BCUT2D eigenvalue weighted by molar-refractivity contribution is -0.141. The molecule has 0 bridgehead atoms. The van der Waals surface area contributed by atoms with Gasteiger partial charge in [0.2, 0.25) is 10.0 Å². The molecule has 0 saturated carbocycles. The van der Waals surface area contributed by atoms with Crippen LogP contribution in [-0.2, 0) is 42.4 Å². The number of nitrogens with two attached hydrogens (primary N) is 1. The topological polar surface area (TPSA) is 165 Å². The standard InChI is InChI=1S/C32H30F3N5O6S2/c1-2-46-30(41)20-40(48(36,44)45)25-13-8-21(9-14-25)18-29(31-37-27-17-12-24(32(33,34)35)19-28(27)38-31)39-47(42,43)26-15-10-23(11-16-26)22-6-4-3-5-7-22/h3-17,19,29,39H,2,18,20H2,1H3,(H,37,38)(H2,36,44,45)/t29-/m0/s1. The molecule has 4 N–H and O–H groups in total. The minimum absolute atomic E-state index is 0.0318. The number of sulfonamides is 1. The Morgan fingerprint density at radius 3 is 2.19 bits per heavy atom. The number of nitrogens with one attached hydrogen (secondary N) is 2. The average molecular weight is 702 g/mol. The number of benzene rings is 4. The second-order valence-corrected chi connectivity index (χ2v) is 13.8. The molecule has 0 aliphatic heterocycles. The Morgan fingerprint density at radius 1 is 0.938 bits per heavy atom. The molecule has 1 heterocycles. The van der Waals surface area contributed by atoms with Gasteiger partial charge in [0.1, 0.15) is 12.4 Å². The third kappa shape index (κ3) is 8.20. The summed E-state index contributed by atoms with van der Waals surface area (Å²) in [5.41, 5.74) is 1.56. The lowest BCUT2D eigenvalue weighted by Crippen LogP contribution is -2.40. The molecule has 1 aromatic heterocycles. The summed E-state index contributed by atoms with van der Waals surface area (Å²) in [4.78, 5) is 19.2. The molecule has 0 aliphatic carbocycles. The predicted molar refractivity (Wildman–Crippen MR) is 173 cm³/mol. The van der Waals surface area contributed by atoms with Crippen LogP contribution in [0.25, 0.3) is 22.2 Å². The Morgan fingerprint density at radius 2 is 1.58 bits per heavy atom. The first-order chi connectivity index (χ1) is 22.6. The number of hydrogen-bond acceptors (Lipinski definition) is 7. The molecule has 252 valence electrons. The quantitative estimate of drug-likeness (QED) is 0.153. The van der Waals surface area contributed by atoms with Crippen LogP contribution in [0, 0.1) is 0 Å². The number of nitrogens with zero attached hydrogens (tertiary/aromatic N) is 2. The predicted octanol–water partition coefficient (Wildman–Crippen LogP) is 5.08. The number of H-pyrrole nitrogens is 1. The summed E-state index contributed by atoms with van der Waals surface area (Å²) < 4.78 is 100.0. The number of halogens is 3. The van der Waals surface area contributed by atoms with Gasteiger partial charge in [-0.1, -0.05) is 54.6 Å². The first-order valence-corrected chi connectivity index (χ1v) is 17.4. The molecule has 0 spiro atoms. The first kappa shape index (κ1) is 34.6. The smallest absolute Gasteiger partial charge is 0.416 e. The van der Waals surface area contributed by atoms with Crippen molar-refractivity contribution in [3.8, 4) is 11.1 Å². The number of aromatic amines is 1. The molecule has 0 unspecified atom stereocenters. The molecule has 0 fully saturated rings. The van der Waals surface area contributed by atoms with Crippen LogP contribution in [0.3, 0.4) is 0 Å². The maximum atomic E-state index is 13.6. The molecular weight excluding hydrogens is 672 g/mol. The molecule has 0 radical (unpaired) electrons. The summed E-state index contributed by atoms with van der Waals surface area (Å²) in [5.74, 6) is -0.771. The minimum atomic E-state index is -4.60. The van der Waals surface area contributed by atoms with E-state index in [0.717, 1.165) is 23.3 Å². The van der Waals surface area contributed by atoms with Crippen molar-refractivity contribution in [3.05, 3.63) is 114 Å². The van der Waals surface area contributed by atoms with E-state index in [0.29, 0.717) is 9.87 Å². The maximum Gasteiger partial charge on any atom is 0.416 e. The Balaban J connectivity index is 1.47. The Bertz CT molecular complexity index is 2120. The van der Waals surface area contributed by atoms with Gasteiger partial charge in [0.15, 0.2) is 0 Å². The van der Waals surface area contributed by atoms with E-state index in [1.54, 1.807) is 19.1 Å². The second-order valence-electron chi connectivity index (χ2n) is 10.6. The number of aromatic nitrogens is 2. The molecular formula is C32H30F3N5O6S2. The molecule has 4 aromatic carbocycles. The Hall–Kier alpha value is -4.77. The molecule has 48 heavy (non-hydrogen) atoms. The van der Waals surface area contributed by atoms with Crippen molar-refractivity contribution in [2.45, 2.75) is 30.5 Å². The summed E-state index contributed by atoms with van der Waals surface area (Å²) in [5, 5.41) is 5.32. The van der Waals surface area contributed by atoms with Gasteiger partial charge in [-0.25, -0.2) is 27.6 Å².